The third-order valence-corrected chi connectivity index (χ3v) is 4.17. The molecule has 3 rings (SSSR count). The predicted octanol–water partition coefficient (Wildman–Crippen LogP) is 2.51. The summed E-state index contributed by atoms with van der Waals surface area (Å²) in [5.41, 5.74) is 8.41. The Balaban J connectivity index is 1.95. The van der Waals surface area contributed by atoms with E-state index in [0.717, 1.165) is 11.1 Å². The first-order chi connectivity index (χ1) is 11.6. The number of hydrogen-bond donors (Lipinski definition) is 1. The van der Waals surface area contributed by atoms with E-state index in [4.69, 9.17) is 15.2 Å². The minimum atomic E-state index is -0.534. The molecule has 0 spiro atoms. The van der Waals surface area contributed by atoms with Crippen molar-refractivity contribution in [3.63, 3.8) is 0 Å². The number of rotatable bonds is 4. The number of methoxy groups -OCH3 is 1. The second-order valence-corrected chi connectivity index (χ2v) is 5.78. The normalized spacial score (nSPS) is 16.4. The van der Waals surface area contributed by atoms with Gasteiger partial charge in [-0.15, -0.1) is 0 Å². The Bertz CT molecular complexity index is 770. The Labute approximate surface area is 140 Å². The molecule has 0 radical (unpaired) electrons. The highest BCUT2D eigenvalue weighted by molar-refractivity contribution is 6.05. The summed E-state index contributed by atoms with van der Waals surface area (Å²) < 4.78 is 10.7. The van der Waals surface area contributed by atoms with Gasteiger partial charge in [-0.2, -0.15) is 0 Å². The van der Waals surface area contributed by atoms with Crippen molar-refractivity contribution in [2.75, 3.05) is 7.11 Å². The zero-order valence-electron chi connectivity index (χ0n) is 13.5. The Hall–Kier alpha value is -2.66. The Morgan fingerprint density at radius 3 is 2.71 bits per heavy atom. The second-order valence-electron chi connectivity index (χ2n) is 5.78. The van der Waals surface area contributed by atoms with Crippen LogP contribution in [-0.4, -0.2) is 24.9 Å². The number of fused-ring (bicyclic) bond motifs is 1. The minimum absolute atomic E-state index is 0.143. The van der Waals surface area contributed by atoms with Gasteiger partial charge in [-0.25, -0.2) is 4.79 Å². The maximum absolute atomic E-state index is 12.3. The first-order valence-electron chi connectivity index (χ1n) is 7.82. The summed E-state index contributed by atoms with van der Waals surface area (Å²) in [5.74, 6) is -0.253. The lowest BCUT2D eigenvalue weighted by molar-refractivity contribution is 0.0595. The number of benzene rings is 2. The maximum atomic E-state index is 12.3. The van der Waals surface area contributed by atoms with Crippen molar-refractivity contribution in [3.05, 3.63) is 64.7 Å². The summed E-state index contributed by atoms with van der Waals surface area (Å²) in [4.78, 5) is 24.3. The van der Waals surface area contributed by atoms with Crippen LogP contribution >= 0.6 is 0 Å². The number of esters is 1. The van der Waals surface area contributed by atoms with Crippen LogP contribution in [0.4, 0.5) is 0 Å². The number of aryl methyl sites for hydroxylation is 1. The lowest BCUT2D eigenvalue weighted by atomic mass is 9.86. The SMILES string of the molecule is COC(=O)c1cc2c(cc1OCc1ccccc1)CCC(N)C2=O. The van der Waals surface area contributed by atoms with E-state index in [0.29, 0.717) is 30.8 Å². The van der Waals surface area contributed by atoms with E-state index < -0.39 is 12.0 Å². The fraction of sp³-hybridized carbons (Fsp3) is 0.263. The van der Waals surface area contributed by atoms with Crippen LogP contribution in [0.2, 0.25) is 0 Å². The molecule has 5 nitrogen and oxygen atoms in total. The van der Waals surface area contributed by atoms with Crippen molar-refractivity contribution < 1.29 is 19.1 Å². The standard InChI is InChI=1S/C19H19NO4/c1-23-19(22)15-10-14-13(7-8-16(20)18(14)21)9-17(15)24-11-12-5-3-2-4-6-12/h2-6,9-10,16H,7-8,11,20H2,1H3. The number of carbonyl (C=O) groups excluding carboxylic acids is 2. The van der Waals surface area contributed by atoms with Crippen LogP contribution in [0.1, 0.15) is 38.3 Å². The van der Waals surface area contributed by atoms with Gasteiger partial charge in [0.05, 0.1) is 13.2 Å². The van der Waals surface area contributed by atoms with Gasteiger partial charge in [0, 0.05) is 5.56 Å². The van der Waals surface area contributed by atoms with Crippen LogP contribution in [0.5, 0.6) is 5.75 Å². The van der Waals surface area contributed by atoms with E-state index >= 15 is 0 Å². The Kier molecular flexibility index (Phi) is 4.62. The smallest absolute Gasteiger partial charge is 0.341 e. The molecule has 0 bridgehead atoms. The molecule has 0 heterocycles. The van der Waals surface area contributed by atoms with Crippen molar-refractivity contribution in [2.24, 2.45) is 5.73 Å². The predicted molar refractivity (Wildman–Crippen MR) is 89.2 cm³/mol. The number of nitrogens with two attached hydrogens (primary N) is 1. The summed E-state index contributed by atoms with van der Waals surface area (Å²) in [5, 5.41) is 0. The molecule has 0 saturated heterocycles. The fourth-order valence-electron chi connectivity index (χ4n) is 2.82. The molecular formula is C19H19NO4. The zero-order valence-corrected chi connectivity index (χ0v) is 13.5. The van der Waals surface area contributed by atoms with Crippen molar-refractivity contribution in [2.45, 2.75) is 25.5 Å². The van der Waals surface area contributed by atoms with Crippen LogP contribution < -0.4 is 10.5 Å². The van der Waals surface area contributed by atoms with Crippen molar-refractivity contribution >= 4 is 11.8 Å². The molecule has 5 heteroatoms. The van der Waals surface area contributed by atoms with Crippen LogP contribution in [0, 0.1) is 0 Å². The number of ketones is 1. The third kappa shape index (κ3) is 3.16. The van der Waals surface area contributed by atoms with Gasteiger partial charge in [0.2, 0.25) is 0 Å². The molecule has 1 aliphatic carbocycles. The van der Waals surface area contributed by atoms with Crippen molar-refractivity contribution in [1.82, 2.24) is 0 Å². The van der Waals surface area contributed by atoms with Crippen LogP contribution in [0.15, 0.2) is 42.5 Å². The van der Waals surface area contributed by atoms with Gasteiger partial charge >= 0.3 is 5.97 Å². The number of ether oxygens (including phenoxy) is 2. The molecule has 0 aliphatic heterocycles. The van der Waals surface area contributed by atoms with E-state index in [1.165, 1.54) is 7.11 Å². The highest BCUT2D eigenvalue weighted by Gasteiger charge is 2.28. The van der Waals surface area contributed by atoms with E-state index in [9.17, 15) is 9.59 Å². The van der Waals surface area contributed by atoms with E-state index in [2.05, 4.69) is 0 Å². The Morgan fingerprint density at radius 1 is 1.25 bits per heavy atom. The summed E-state index contributed by atoms with van der Waals surface area (Å²) >= 11 is 0. The molecular weight excluding hydrogens is 306 g/mol. The molecule has 1 unspecified atom stereocenters. The lowest BCUT2D eigenvalue weighted by Gasteiger charge is -2.22. The fourth-order valence-corrected chi connectivity index (χ4v) is 2.82. The highest BCUT2D eigenvalue weighted by Crippen LogP contribution is 2.30. The molecule has 0 saturated carbocycles. The van der Waals surface area contributed by atoms with Gasteiger partial charge in [-0.05, 0) is 36.1 Å². The molecule has 0 fully saturated rings. The number of carbonyl (C=O) groups is 2. The first-order valence-corrected chi connectivity index (χ1v) is 7.82. The number of hydrogen-bond acceptors (Lipinski definition) is 5. The second kappa shape index (κ2) is 6.84. The largest absolute Gasteiger partial charge is 0.488 e. The monoisotopic (exact) mass is 325 g/mol. The van der Waals surface area contributed by atoms with Gasteiger partial charge in [0.1, 0.15) is 17.9 Å². The molecule has 2 aromatic rings. The topological polar surface area (TPSA) is 78.6 Å². The molecule has 24 heavy (non-hydrogen) atoms. The van der Waals surface area contributed by atoms with E-state index in [1.54, 1.807) is 12.1 Å². The van der Waals surface area contributed by atoms with E-state index in [1.807, 2.05) is 30.3 Å². The van der Waals surface area contributed by atoms with Gasteiger partial charge in [0.15, 0.2) is 5.78 Å². The minimum Gasteiger partial charge on any atom is -0.488 e. The summed E-state index contributed by atoms with van der Waals surface area (Å²) in [6, 6.07) is 12.4. The molecule has 0 aromatic heterocycles. The molecule has 2 N–H and O–H groups in total. The molecule has 1 aliphatic rings. The van der Waals surface area contributed by atoms with Crippen LogP contribution in [-0.2, 0) is 17.8 Å². The van der Waals surface area contributed by atoms with Gasteiger partial charge < -0.3 is 15.2 Å². The molecule has 124 valence electrons. The lowest BCUT2D eigenvalue weighted by Crippen LogP contribution is -2.35. The van der Waals surface area contributed by atoms with Gasteiger partial charge in [-0.3, -0.25) is 4.79 Å². The van der Waals surface area contributed by atoms with Crippen LogP contribution in [0.25, 0.3) is 0 Å². The zero-order chi connectivity index (χ0) is 17.1. The third-order valence-electron chi connectivity index (χ3n) is 4.17. The van der Waals surface area contributed by atoms with Crippen molar-refractivity contribution in [3.8, 4) is 5.75 Å². The summed E-state index contributed by atoms with van der Waals surface area (Å²) in [6.45, 7) is 0.330. The molecule has 2 aromatic carbocycles. The Morgan fingerprint density at radius 2 is 2.00 bits per heavy atom. The van der Waals surface area contributed by atoms with Crippen molar-refractivity contribution in [1.29, 1.82) is 0 Å². The highest BCUT2D eigenvalue weighted by atomic mass is 16.5. The maximum Gasteiger partial charge on any atom is 0.341 e. The molecule has 0 amide bonds. The average Bonchev–Trinajstić information content (AvgIpc) is 2.63. The van der Waals surface area contributed by atoms with Gasteiger partial charge in [-0.1, -0.05) is 30.3 Å². The van der Waals surface area contributed by atoms with Crippen LogP contribution in [0.3, 0.4) is 0 Å². The number of Topliss-reactive ketones (excluding diaryl/α,β-unsaturated/α-hetero) is 1. The average molecular weight is 325 g/mol. The summed E-state index contributed by atoms with van der Waals surface area (Å²) in [6.07, 6.45) is 1.28. The van der Waals surface area contributed by atoms with Gasteiger partial charge in [0.25, 0.3) is 0 Å². The summed E-state index contributed by atoms with van der Waals surface area (Å²) in [7, 11) is 1.30. The molecule has 1 atom stereocenters. The quantitative estimate of drug-likeness (QED) is 0.874. The van der Waals surface area contributed by atoms with E-state index in [-0.39, 0.29) is 11.3 Å². The first kappa shape index (κ1) is 16.2.